The number of nitrogens with zero attached hydrogens (tertiary/aromatic N) is 2. The molecule has 0 saturated heterocycles. The lowest BCUT2D eigenvalue weighted by atomic mass is 9.97. The molecule has 6 nitrogen and oxygen atoms in total. The van der Waals surface area contributed by atoms with Crippen molar-refractivity contribution in [3.05, 3.63) is 180 Å². The summed E-state index contributed by atoms with van der Waals surface area (Å²) in [4.78, 5) is 10.6. The maximum Gasteiger partial charge on any atom is 0.163 e. The molecule has 1 N–H and O–H groups in total. The molecule has 12 rings (SSSR count). The first-order valence-electron chi connectivity index (χ1n) is 18.4. The Morgan fingerprint density at radius 1 is 0.436 bits per heavy atom. The minimum Gasteiger partial charge on any atom is -0.456 e. The summed E-state index contributed by atoms with van der Waals surface area (Å²) in [6, 6.07) is 56.3. The van der Waals surface area contributed by atoms with Crippen molar-refractivity contribution in [1.29, 1.82) is 0 Å². The van der Waals surface area contributed by atoms with E-state index in [1.807, 2.05) is 60.7 Å². The molecule has 4 heterocycles. The lowest BCUT2D eigenvalue weighted by Gasteiger charge is -2.24. The summed E-state index contributed by atoms with van der Waals surface area (Å²) >= 11 is 0. The topological polar surface area (TPSA) is 76.2 Å². The summed E-state index contributed by atoms with van der Waals surface area (Å²) in [7, 11) is 0. The number of benzene rings is 8. The zero-order chi connectivity index (χ0) is 36.0. The van der Waals surface area contributed by atoms with Gasteiger partial charge in [0.2, 0.25) is 0 Å². The molecule has 0 fully saturated rings. The van der Waals surface area contributed by atoms with Gasteiger partial charge in [0.15, 0.2) is 5.84 Å². The highest BCUT2D eigenvalue weighted by Crippen LogP contribution is 2.40. The van der Waals surface area contributed by atoms with E-state index in [2.05, 4.69) is 108 Å². The minimum atomic E-state index is -0.406. The maximum atomic E-state index is 6.64. The van der Waals surface area contributed by atoms with Crippen molar-refractivity contribution in [3.63, 3.8) is 0 Å². The Kier molecular flexibility index (Phi) is 6.30. The van der Waals surface area contributed by atoms with Crippen LogP contribution in [0.25, 0.3) is 87.7 Å². The predicted octanol–water partition coefficient (Wildman–Crippen LogP) is 12.7. The summed E-state index contributed by atoms with van der Waals surface area (Å²) in [5.74, 6) is 1.31. The summed E-state index contributed by atoms with van der Waals surface area (Å²) in [6.45, 7) is 0. The van der Waals surface area contributed by atoms with Gasteiger partial charge in [-0.1, -0.05) is 115 Å². The largest absolute Gasteiger partial charge is 0.456 e. The van der Waals surface area contributed by atoms with Gasteiger partial charge in [0.25, 0.3) is 0 Å². The van der Waals surface area contributed by atoms with Gasteiger partial charge in [-0.05, 0) is 76.0 Å². The number of hydrogen-bond donors (Lipinski definition) is 1. The molecule has 55 heavy (non-hydrogen) atoms. The fourth-order valence-corrected chi connectivity index (χ4v) is 8.38. The molecule has 0 radical (unpaired) electrons. The van der Waals surface area contributed by atoms with Gasteiger partial charge in [-0.3, -0.25) is 0 Å². The number of para-hydroxylation sites is 3. The molecule has 11 aromatic rings. The van der Waals surface area contributed by atoms with Gasteiger partial charge in [0.05, 0.1) is 5.56 Å². The standard InChI is InChI=1S/C49H29N3O3/c1-2-11-29-26-31(23-22-28(29)10-1)47-50-48(52-49(51-47)38-17-7-15-34-33-12-3-5-18-39(33)55-46(34)38)37-16-9-21-42-45(37)36-25-24-30(27-43(36)54-42)32-14-8-20-41-44(32)35-13-4-6-19-40(35)53-41/h1-27,47H,(H,50,51,52). The highest BCUT2D eigenvalue weighted by molar-refractivity contribution is 6.24. The Labute approximate surface area is 313 Å². The second-order valence-electron chi connectivity index (χ2n) is 14.1. The molecule has 0 amide bonds. The summed E-state index contributed by atoms with van der Waals surface area (Å²) in [5, 5.41) is 12.3. The molecule has 1 unspecified atom stereocenters. The SMILES string of the molecule is c1ccc2cc(C3N=C(c4cccc5c4oc4ccccc45)N=C(c4cccc5oc6cc(-c7cccc8oc9ccccc9c78)ccc6c45)N3)ccc2c1. The second-order valence-corrected chi connectivity index (χ2v) is 14.1. The van der Waals surface area contributed by atoms with Crippen molar-refractivity contribution < 1.29 is 13.3 Å². The molecule has 0 spiro atoms. The van der Waals surface area contributed by atoms with Crippen LogP contribution in [0.5, 0.6) is 0 Å². The van der Waals surface area contributed by atoms with Gasteiger partial charge in [-0.2, -0.15) is 0 Å². The molecule has 1 aliphatic heterocycles. The molecular formula is C49H29N3O3. The second kappa shape index (κ2) is 11.5. The van der Waals surface area contributed by atoms with Crippen LogP contribution in [0.4, 0.5) is 0 Å². The average molecular weight is 708 g/mol. The van der Waals surface area contributed by atoms with Crippen molar-refractivity contribution in [2.75, 3.05) is 0 Å². The van der Waals surface area contributed by atoms with Crippen molar-refractivity contribution in [2.24, 2.45) is 9.98 Å². The molecule has 258 valence electrons. The number of amidine groups is 2. The highest BCUT2D eigenvalue weighted by Gasteiger charge is 2.26. The average Bonchev–Trinajstić information content (AvgIpc) is 3.94. The number of rotatable bonds is 4. The van der Waals surface area contributed by atoms with Crippen LogP contribution < -0.4 is 5.32 Å². The van der Waals surface area contributed by atoms with Crippen LogP contribution in [-0.2, 0) is 0 Å². The van der Waals surface area contributed by atoms with Crippen LogP contribution in [0.15, 0.2) is 187 Å². The Bertz CT molecular complexity index is 3430. The number of fused-ring (bicyclic) bond motifs is 10. The van der Waals surface area contributed by atoms with Crippen LogP contribution in [0, 0.1) is 0 Å². The van der Waals surface area contributed by atoms with Crippen molar-refractivity contribution in [1.82, 2.24) is 5.32 Å². The number of furan rings is 3. The van der Waals surface area contributed by atoms with Crippen molar-refractivity contribution in [3.8, 4) is 11.1 Å². The minimum absolute atomic E-state index is 0.406. The van der Waals surface area contributed by atoms with E-state index in [0.717, 1.165) is 99.0 Å². The fourth-order valence-electron chi connectivity index (χ4n) is 8.38. The first-order valence-corrected chi connectivity index (χ1v) is 18.4. The highest BCUT2D eigenvalue weighted by atomic mass is 16.3. The Balaban J connectivity index is 1.04. The third-order valence-electron chi connectivity index (χ3n) is 10.9. The molecule has 1 atom stereocenters. The van der Waals surface area contributed by atoms with E-state index < -0.39 is 6.17 Å². The molecule has 6 heteroatoms. The zero-order valence-corrected chi connectivity index (χ0v) is 29.3. The third kappa shape index (κ3) is 4.61. The van der Waals surface area contributed by atoms with Crippen LogP contribution in [0.3, 0.4) is 0 Å². The maximum absolute atomic E-state index is 6.64. The van der Waals surface area contributed by atoms with E-state index in [0.29, 0.717) is 11.7 Å². The van der Waals surface area contributed by atoms with E-state index in [1.165, 1.54) is 5.39 Å². The van der Waals surface area contributed by atoms with E-state index >= 15 is 0 Å². The normalized spacial score (nSPS) is 14.7. The van der Waals surface area contributed by atoms with E-state index in [-0.39, 0.29) is 0 Å². The van der Waals surface area contributed by atoms with Gasteiger partial charge < -0.3 is 18.6 Å². The first-order chi connectivity index (χ1) is 27.2. The third-order valence-corrected chi connectivity index (χ3v) is 10.9. The van der Waals surface area contributed by atoms with Gasteiger partial charge in [0, 0.05) is 37.9 Å². The van der Waals surface area contributed by atoms with E-state index in [9.17, 15) is 0 Å². The lowest BCUT2D eigenvalue weighted by Crippen LogP contribution is -2.33. The van der Waals surface area contributed by atoms with Crippen LogP contribution in [-0.4, -0.2) is 11.7 Å². The zero-order valence-electron chi connectivity index (χ0n) is 29.3. The Hall–Kier alpha value is -7.44. The van der Waals surface area contributed by atoms with E-state index in [1.54, 1.807) is 0 Å². The summed E-state index contributed by atoms with van der Waals surface area (Å²) in [5.41, 5.74) is 9.90. The number of hydrogen-bond acceptors (Lipinski definition) is 6. The first kappa shape index (κ1) is 30.1. The molecule has 1 aliphatic rings. The molecule has 0 saturated carbocycles. The molecule has 0 aliphatic carbocycles. The Morgan fingerprint density at radius 2 is 1.07 bits per heavy atom. The Morgan fingerprint density at radius 3 is 1.95 bits per heavy atom. The van der Waals surface area contributed by atoms with Crippen LogP contribution >= 0.6 is 0 Å². The van der Waals surface area contributed by atoms with Crippen LogP contribution in [0.2, 0.25) is 0 Å². The molecular weight excluding hydrogens is 679 g/mol. The quantitative estimate of drug-likeness (QED) is 0.198. The van der Waals surface area contributed by atoms with Crippen LogP contribution in [0.1, 0.15) is 22.9 Å². The van der Waals surface area contributed by atoms with Gasteiger partial charge in [-0.25, -0.2) is 9.98 Å². The monoisotopic (exact) mass is 707 g/mol. The van der Waals surface area contributed by atoms with Gasteiger partial charge >= 0.3 is 0 Å². The predicted molar refractivity (Wildman–Crippen MR) is 223 cm³/mol. The number of aliphatic imine (C=N–C) groups is 2. The van der Waals surface area contributed by atoms with Crippen molar-refractivity contribution >= 4 is 88.3 Å². The smallest absolute Gasteiger partial charge is 0.163 e. The molecule has 0 bridgehead atoms. The number of nitrogens with one attached hydrogen (secondary N) is 1. The summed E-state index contributed by atoms with van der Waals surface area (Å²) < 4.78 is 19.3. The van der Waals surface area contributed by atoms with Gasteiger partial charge in [-0.15, -0.1) is 0 Å². The van der Waals surface area contributed by atoms with Gasteiger partial charge in [0.1, 0.15) is 45.5 Å². The fraction of sp³-hybridized carbons (Fsp3) is 0.0204. The van der Waals surface area contributed by atoms with Crippen molar-refractivity contribution in [2.45, 2.75) is 6.17 Å². The molecule has 3 aromatic heterocycles. The summed E-state index contributed by atoms with van der Waals surface area (Å²) in [6.07, 6.45) is -0.406. The lowest BCUT2D eigenvalue weighted by molar-refractivity contribution is 0.663. The molecule has 8 aromatic carbocycles. The van der Waals surface area contributed by atoms with E-state index in [4.69, 9.17) is 23.2 Å².